The van der Waals surface area contributed by atoms with E-state index in [4.69, 9.17) is 0 Å². The molecule has 148 valence electrons. The van der Waals surface area contributed by atoms with Crippen LogP contribution < -0.4 is 0 Å². The topological polar surface area (TPSA) is 71.5 Å². The predicted molar refractivity (Wildman–Crippen MR) is 108 cm³/mol. The summed E-state index contributed by atoms with van der Waals surface area (Å²) in [7, 11) is -3.68. The number of ketones is 2. The minimum Gasteiger partial charge on any atom is -0.295 e. The highest BCUT2D eigenvalue weighted by atomic mass is 32.2. The highest BCUT2D eigenvalue weighted by Gasteiger charge is 2.33. The quantitative estimate of drug-likeness (QED) is 0.717. The first-order valence-electron chi connectivity index (χ1n) is 9.43. The Hall–Kier alpha value is -2.31. The van der Waals surface area contributed by atoms with Crippen LogP contribution in [0.25, 0.3) is 0 Å². The SMILES string of the molecule is CC(=O)c1cccc(S(=O)(=O)N2CCC(C(=O)c3cc(C)ccc3C)CC2)c1. The fourth-order valence-corrected chi connectivity index (χ4v) is 5.12. The van der Waals surface area contributed by atoms with E-state index in [1.807, 2.05) is 32.0 Å². The number of carbonyl (C=O) groups is 2. The van der Waals surface area contributed by atoms with Gasteiger partial charge in [-0.2, -0.15) is 4.31 Å². The van der Waals surface area contributed by atoms with Crippen molar-refractivity contribution in [3.05, 3.63) is 64.7 Å². The summed E-state index contributed by atoms with van der Waals surface area (Å²) in [6.07, 6.45) is 0.996. The van der Waals surface area contributed by atoms with Crippen molar-refractivity contribution < 1.29 is 18.0 Å². The van der Waals surface area contributed by atoms with Gasteiger partial charge in [0.2, 0.25) is 10.0 Å². The summed E-state index contributed by atoms with van der Waals surface area (Å²) in [5.41, 5.74) is 3.10. The normalized spacial score (nSPS) is 16.1. The number of piperidine rings is 1. The fourth-order valence-electron chi connectivity index (χ4n) is 3.60. The van der Waals surface area contributed by atoms with Gasteiger partial charge in [-0.1, -0.05) is 29.8 Å². The lowest BCUT2D eigenvalue weighted by molar-refractivity contribution is 0.0874. The number of rotatable bonds is 5. The molecule has 0 atom stereocenters. The van der Waals surface area contributed by atoms with Gasteiger partial charge >= 0.3 is 0 Å². The molecule has 0 bridgehead atoms. The van der Waals surface area contributed by atoms with Gasteiger partial charge in [0.25, 0.3) is 0 Å². The fraction of sp³-hybridized carbons (Fsp3) is 0.364. The summed E-state index contributed by atoms with van der Waals surface area (Å²) in [6.45, 7) is 5.90. The van der Waals surface area contributed by atoms with Crippen LogP contribution in [0.5, 0.6) is 0 Å². The number of aryl methyl sites for hydroxylation is 2. The van der Waals surface area contributed by atoms with Gasteiger partial charge in [-0.3, -0.25) is 9.59 Å². The average Bonchev–Trinajstić information content (AvgIpc) is 2.69. The highest BCUT2D eigenvalue weighted by Crippen LogP contribution is 2.27. The molecule has 1 aliphatic heterocycles. The van der Waals surface area contributed by atoms with Gasteiger partial charge in [-0.15, -0.1) is 0 Å². The lowest BCUT2D eigenvalue weighted by Crippen LogP contribution is -2.40. The monoisotopic (exact) mass is 399 g/mol. The maximum atomic E-state index is 12.9. The number of benzene rings is 2. The molecule has 1 fully saturated rings. The van der Waals surface area contributed by atoms with Gasteiger partial charge in [-0.05, 0) is 57.4 Å². The van der Waals surface area contributed by atoms with Crippen LogP contribution >= 0.6 is 0 Å². The lowest BCUT2D eigenvalue weighted by atomic mass is 9.87. The molecule has 0 aliphatic carbocycles. The van der Waals surface area contributed by atoms with E-state index in [9.17, 15) is 18.0 Å². The Morgan fingerprint density at radius 1 is 1.00 bits per heavy atom. The van der Waals surface area contributed by atoms with E-state index in [2.05, 4.69) is 0 Å². The number of hydrogen-bond donors (Lipinski definition) is 0. The molecule has 0 unspecified atom stereocenters. The molecule has 0 aromatic heterocycles. The molecular formula is C22H25NO4S. The van der Waals surface area contributed by atoms with Crippen LogP contribution in [0, 0.1) is 19.8 Å². The van der Waals surface area contributed by atoms with E-state index in [0.29, 0.717) is 31.5 Å². The van der Waals surface area contributed by atoms with Crippen LogP contribution in [-0.4, -0.2) is 37.4 Å². The summed E-state index contributed by atoms with van der Waals surface area (Å²) in [5, 5.41) is 0. The van der Waals surface area contributed by atoms with Crippen LogP contribution in [0.3, 0.4) is 0 Å². The van der Waals surface area contributed by atoms with Crippen LogP contribution in [0.1, 0.15) is 51.6 Å². The molecule has 5 nitrogen and oxygen atoms in total. The van der Waals surface area contributed by atoms with Crippen molar-refractivity contribution in [3.8, 4) is 0 Å². The van der Waals surface area contributed by atoms with Gasteiger partial charge in [-0.25, -0.2) is 8.42 Å². The van der Waals surface area contributed by atoms with Crippen molar-refractivity contribution in [1.29, 1.82) is 0 Å². The third-order valence-corrected chi connectivity index (χ3v) is 7.26. The molecule has 2 aromatic rings. The predicted octanol–water partition coefficient (Wildman–Crippen LogP) is 3.79. The Morgan fingerprint density at radius 2 is 1.68 bits per heavy atom. The number of sulfonamides is 1. The van der Waals surface area contributed by atoms with Crippen molar-refractivity contribution in [2.24, 2.45) is 5.92 Å². The van der Waals surface area contributed by atoms with Gasteiger partial charge < -0.3 is 0 Å². The minimum atomic E-state index is -3.68. The Balaban J connectivity index is 1.74. The Morgan fingerprint density at radius 3 is 2.32 bits per heavy atom. The minimum absolute atomic E-state index is 0.0943. The third kappa shape index (κ3) is 4.08. The van der Waals surface area contributed by atoms with E-state index in [1.54, 1.807) is 12.1 Å². The molecule has 0 N–H and O–H groups in total. The molecule has 1 saturated heterocycles. The summed E-state index contributed by atoms with van der Waals surface area (Å²) in [4.78, 5) is 24.6. The van der Waals surface area contributed by atoms with Crippen LogP contribution in [0.2, 0.25) is 0 Å². The zero-order chi connectivity index (χ0) is 20.5. The molecule has 1 aliphatic rings. The van der Waals surface area contributed by atoms with Crippen molar-refractivity contribution in [3.63, 3.8) is 0 Å². The van der Waals surface area contributed by atoms with E-state index in [0.717, 1.165) is 16.7 Å². The summed E-state index contributed by atoms with van der Waals surface area (Å²) < 4.78 is 27.3. The van der Waals surface area contributed by atoms with Crippen molar-refractivity contribution >= 4 is 21.6 Å². The number of carbonyl (C=O) groups excluding carboxylic acids is 2. The van der Waals surface area contributed by atoms with Crippen LogP contribution in [0.15, 0.2) is 47.4 Å². The largest absolute Gasteiger partial charge is 0.295 e. The Bertz CT molecular complexity index is 1020. The lowest BCUT2D eigenvalue weighted by Gasteiger charge is -2.31. The molecule has 28 heavy (non-hydrogen) atoms. The summed E-state index contributed by atoms with van der Waals surface area (Å²) >= 11 is 0. The van der Waals surface area contributed by atoms with E-state index >= 15 is 0 Å². The van der Waals surface area contributed by atoms with Crippen LogP contribution in [0.4, 0.5) is 0 Å². The molecule has 6 heteroatoms. The van der Waals surface area contributed by atoms with Crippen LogP contribution in [-0.2, 0) is 10.0 Å². The average molecular weight is 400 g/mol. The summed E-state index contributed by atoms with van der Waals surface area (Å²) in [6, 6.07) is 12.0. The third-order valence-electron chi connectivity index (χ3n) is 5.36. The van der Waals surface area contributed by atoms with Crippen molar-refractivity contribution in [1.82, 2.24) is 4.31 Å². The molecule has 1 heterocycles. The van der Waals surface area contributed by atoms with Gasteiger partial charge in [0.05, 0.1) is 4.90 Å². The van der Waals surface area contributed by atoms with Gasteiger partial charge in [0.1, 0.15) is 0 Å². The van der Waals surface area contributed by atoms with Gasteiger partial charge in [0.15, 0.2) is 11.6 Å². The van der Waals surface area contributed by atoms with E-state index in [-0.39, 0.29) is 22.4 Å². The summed E-state index contributed by atoms with van der Waals surface area (Å²) in [5.74, 6) is -0.248. The second kappa shape index (κ2) is 7.97. The van der Waals surface area contributed by atoms with E-state index < -0.39 is 10.0 Å². The number of hydrogen-bond acceptors (Lipinski definition) is 4. The molecule has 0 spiro atoms. The maximum Gasteiger partial charge on any atom is 0.243 e. The first-order chi connectivity index (χ1) is 13.2. The zero-order valence-corrected chi connectivity index (χ0v) is 17.3. The zero-order valence-electron chi connectivity index (χ0n) is 16.4. The van der Waals surface area contributed by atoms with Crippen molar-refractivity contribution in [2.45, 2.75) is 38.5 Å². The molecule has 3 rings (SSSR count). The number of Topliss-reactive ketones (excluding diaryl/α,β-unsaturated/α-hetero) is 2. The van der Waals surface area contributed by atoms with Crippen molar-refractivity contribution in [2.75, 3.05) is 13.1 Å². The molecule has 2 aromatic carbocycles. The Labute approximate surface area is 166 Å². The molecular weight excluding hydrogens is 374 g/mol. The molecule has 0 radical (unpaired) electrons. The highest BCUT2D eigenvalue weighted by molar-refractivity contribution is 7.89. The number of nitrogens with zero attached hydrogens (tertiary/aromatic N) is 1. The Kier molecular flexibility index (Phi) is 5.82. The second-order valence-electron chi connectivity index (χ2n) is 7.45. The molecule has 0 amide bonds. The van der Waals surface area contributed by atoms with E-state index in [1.165, 1.54) is 23.4 Å². The second-order valence-corrected chi connectivity index (χ2v) is 9.38. The first kappa shape index (κ1) is 20.4. The smallest absolute Gasteiger partial charge is 0.243 e. The first-order valence-corrected chi connectivity index (χ1v) is 10.9. The molecule has 0 saturated carbocycles. The maximum absolute atomic E-state index is 12.9. The standard InChI is InChI=1S/C22H25NO4S/c1-15-7-8-16(2)21(13-15)22(25)18-9-11-23(12-10-18)28(26,27)20-6-4-5-19(14-20)17(3)24/h4-8,13-14,18H,9-12H2,1-3H3. The van der Waals surface area contributed by atoms with Gasteiger partial charge in [0, 0.05) is 30.1 Å².